The minimum atomic E-state index is -1.26. The Kier molecular flexibility index (Phi) is 5.33. The third kappa shape index (κ3) is 3.86. The third-order valence-electron chi connectivity index (χ3n) is 2.41. The van der Waals surface area contributed by atoms with Crippen LogP contribution in [0.4, 0.5) is 10.5 Å². The minimum Gasteiger partial charge on any atom is -0.478 e. The van der Waals surface area contributed by atoms with Gasteiger partial charge in [-0.05, 0) is 12.1 Å². The number of amides is 2. The Morgan fingerprint density at radius 1 is 1.40 bits per heavy atom. The number of esters is 1. The molecule has 7 nitrogen and oxygen atoms in total. The molecule has 0 bridgehead atoms. The number of nitrogens with zero attached hydrogens (tertiary/aromatic N) is 1. The van der Waals surface area contributed by atoms with Gasteiger partial charge in [-0.3, -0.25) is 4.79 Å². The Bertz CT molecular complexity index is 547. The quantitative estimate of drug-likeness (QED) is 0.825. The molecule has 0 fully saturated rings. The molecule has 0 heterocycles. The van der Waals surface area contributed by atoms with Crippen LogP contribution >= 0.6 is 11.6 Å². The lowest BCUT2D eigenvalue weighted by atomic mass is 10.2. The molecule has 0 saturated carbocycles. The number of rotatable bonds is 4. The SMILES string of the molecule is COC(=O)CN(C)C(=O)Nc1cccc(Cl)c1C(=O)O. The number of carboxylic acids is 1. The van der Waals surface area contributed by atoms with Gasteiger partial charge in [-0.25, -0.2) is 9.59 Å². The van der Waals surface area contributed by atoms with E-state index in [1.807, 2.05) is 0 Å². The fraction of sp³-hybridized carbons (Fsp3) is 0.250. The van der Waals surface area contributed by atoms with Gasteiger partial charge >= 0.3 is 18.0 Å². The number of hydrogen-bond acceptors (Lipinski definition) is 4. The second-order valence-electron chi connectivity index (χ2n) is 3.83. The van der Waals surface area contributed by atoms with E-state index in [2.05, 4.69) is 10.1 Å². The summed E-state index contributed by atoms with van der Waals surface area (Å²) in [5, 5.41) is 11.4. The highest BCUT2D eigenvalue weighted by Crippen LogP contribution is 2.24. The molecule has 108 valence electrons. The smallest absolute Gasteiger partial charge is 0.339 e. The summed E-state index contributed by atoms with van der Waals surface area (Å²) in [5.41, 5.74) is -0.166. The maximum atomic E-state index is 11.8. The van der Waals surface area contributed by atoms with Crippen molar-refractivity contribution in [3.05, 3.63) is 28.8 Å². The first-order valence-electron chi connectivity index (χ1n) is 5.47. The molecule has 1 rings (SSSR count). The number of ether oxygens (including phenoxy) is 1. The van der Waals surface area contributed by atoms with Crippen molar-refractivity contribution in [2.75, 3.05) is 26.0 Å². The Labute approximate surface area is 120 Å². The average molecular weight is 301 g/mol. The molecule has 0 unspecified atom stereocenters. The van der Waals surface area contributed by atoms with Gasteiger partial charge in [0, 0.05) is 7.05 Å². The molecule has 20 heavy (non-hydrogen) atoms. The minimum absolute atomic E-state index is 0.00548. The number of hydrogen-bond donors (Lipinski definition) is 2. The summed E-state index contributed by atoms with van der Waals surface area (Å²) in [4.78, 5) is 35.0. The summed E-state index contributed by atoms with van der Waals surface area (Å²) >= 11 is 5.77. The number of carboxylic acid groups (broad SMARTS) is 1. The van der Waals surface area contributed by atoms with Crippen LogP contribution in [0.25, 0.3) is 0 Å². The van der Waals surface area contributed by atoms with E-state index in [0.717, 1.165) is 4.90 Å². The molecule has 8 heteroatoms. The van der Waals surface area contributed by atoms with Gasteiger partial charge in [-0.15, -0.1) is 0 Å². The maximum Gasteiger partial charge on any atom is 0.339 e. The van der Waals surface area contributed by atoms with E-state index in [0.29, 0.717) is 0 Å². The second kappa shape index (κ2) is 6.76. The number of halogens is 1. The predicted octanol–water partition coefficient (Wildman–Crippen LogP) is 1.67. The highest BCUT2D eigenvalue weighted by atomic mass is 35.5. The van der Waals surface area contributed by atoms with Gasteiger partial charge < -0.3 is 20.1 Å². The topological polar surface area (TPSA) is 95.9 Å². The Morgan fingerprint density at radius 2 is 2.05 bits per heavy atom. The number of benzene rings is 1. The molecule has 0 saturated heterocycles. The summed E-state index contributed by atoms with van der Waals surface area (Å²) in [7, 11) is 2.57. The van der Waals surface area contributed by atoms with E-state index >= 15 is 0 Å². The van der Waals surface area contributed by atoms with Crippen LogP contribution in [-0.4, -0.2) is 48.7 Å². The van der Waals surface area contributed by atoms with Crippen LogP contribution in [0.15, 0.2) is 18.2 Å². The molecule has 1 aromatic rings. The van der Waals surface area contributed by atoms with Crippen molar-refractivity contribution in [2.45, 2.75) is 0 Å². The van der Waals surface area contributed by atoms with Crippen LogP contribution in [0.3, 0.4) is 0 Å². The van der Waals surface area contributed by atoms with Gasteiger partial charge in [0.15, 0.2) is 0 Å². The first kappa shape index (κ1) is 15.8. The summed E-state index contributed by atoms with van der Waals surface area (Å²) in [5.74, 6) is -1.85. The van der Waals surface area contributed by atoms with Gasteiger partial charge in [-0.2, -0.15) is 0 Å². The zero-order chi connectivity index (χ0) is 15.3. The summed E-state index contributed by atoms with van der Waals surface area (Å²) in [6.07, 6.45) is 0. The second-order valence-corrected chi connectivity index (χ2v) is 4.24. The highest BCUT2D eigenvalue weighted by molar-refractivity contribution is 6.34. The van der Waals surface area contributed by atoms with Crippen LogP contribution in [0.1, 0.15) is 10.4 Å². The monoisotopic (exact) mass is 300 g/mol. The molecule has 0 spiro atoms. The molecule has 1 aromatic carbocycles. The Morgan fingerprint density at radius 3 is 2.60 bits per heavy atom. The number of aromatic carboxylic acids is 1. The van der Waals surface area contributed by atoms with Crippen molar-refractivity contribution in [2.24, 2.45) is 0 Å². The molecular weight excluding hydrogens is 288 g/mol. The lowest BCUT2D eigenvalue weighted by Crippen LogP contribution is -2.36. The predicted molar refractivity (Wildman–Crippen MR) is 72.1 cm³/mol. The van der Waals surface area contributed by atoms with E-state index in [-0.39, 0.29) is 22.8 Å². The first-order valence-corrected chi connectivity index (χ1v) is 5.85. The van der Waals surface area contributed by atoms with Gasteiger partial charge in [0.1, 0.15) is 12.1 Å². The van der Waals surface area contributed by atoms with Crippen LogP contribution in [-0.2, 0) is 9.53 Å². The number of anilines is 1. The molecule has 2 N–H and O–H groups in total. The van der Waals surface area contributed by atoms with Crippen molar-refractivity contribution in [3.8, 4) is 0 Å². The lowest BCUT2D eigenvalue weighted by molar-refractivity contribution is -0.140. The molecular formula is C12H13ClN2O5. The number of likely N-dealkylation sites (N-methyl/N-ethyl adjacent to an activating group) is 1. The average Bonchev–Trinajstić information content (AvgIpc) is 2.37. The van der Waals surface area contributed by atoms with Gasteiger partial charge in [0.2, 0.25) is 0 Å². The molecule has 0 aromatic heterocycles. The van der Waals surface area contributed by atoms with Gasteiger partial charge in [0.25, 0.3) is 0 Å². The van der Waals surface area contributed by atoms with Crippen LogP contribution in [0, 0.1) is 0 Å². The van der Waals surface area contributed by atoms with Crippen LogP contribution in [0.5, 0.6) is 0 Å². The van der Waals surface area contributed by atoms with E-state index in [4.69, 9.17) is 16.7 Å². The van der Waals surface area contributed by atoms with Crippen molar-refractivity contribution < 1.29 is 24.2 Å². The number of nitrogens with one attached hydrogen (secondary N) is 1. The summed E-state index contributed by atoms with van der Waals surface area (Å²) in [6, 6.07) is 3.66. The molecule has 0 aliphatic heterocycles. The van der Waals surface area contributed by atoms with E-state index in [1.54, 1.807) is 0 Å². The Hall–Kier alpha value is -2.28. The van der Waals surface area contributed by atoms with Crippen molar-refractivity contribution in [1.82, 2.24) is 4.90 Å². The number of urea groups is 1. The molecule has 0 radical (unpaired) electrons. The number of carbonyl (C=O) groups excluding carboxylic acids is 2. The zero-order valence-electron chi connectivity index (χ0n) is 10.8. The van der Waals surface area contributed by atoms with Crippen molar-refractivity contribution in [1.29, 1.82) is 0 Å². The maximum absolute atomic E-state index is 11.8. The lowest BCUT2D eigenvalue weighted by Gasteiger charge is -2.17. The Balaban J connectivity index is 2.88. The molecule has 0 aliphatic carbocycles. The molecule has 0 atom stereocenters. The van der Waals surface area contributed by atoms with Gasteiger partial charge in [-0.1, -0.05) is 17.7 Å². The van der Waals surface area contributed by atoms with E-state index < -0.39 is 18.0 Å². The van der Waals surface area contributed by atoms with Crippen LogP contribution in [0.2, 0.25) is 5.02 Å². The van der Waals surface area contributed by atoms with E-state index in [1.165, 1.54) is 32.4 Å². The van der Waals surface area contributed by atoms with Crippen LogP contribution < -0.4 is 5.32 Å². The number of methoxy groups -OCH3 is 1. The van der Waals surface area contributed by atoms with E-state index in [9.17, 15) is 14.4 Å². The fourth-order valence-corrected chi connectivity index (χ4v) is 1.64. The normalized spacial score (nSPS) is 9.75. The van der Waals surface area contributed by atoms with Gasteiger partial charge in [0.05, 0.1) is 17.8 Å². The standard InChI is InChI=1S/C12H13ClN2O5/c1-15(6-9(16)20-2)12(19)14-8-5-3-4-7(13)10(8)11(17)18/h3-5H,6H2,1-2H3,(H,14,19)(H,17,18). The van der Waals surface area contributed by atoms with Crippen molar-refractivity contribution >= 4 is 35.3 Å². The number of carbonyl (C=O) groups is 3. The molecule has 2 amide bonds. The fourth-order valence-electron chi connectivity index (χ4n) is 1.39. The van der Waals surface area contributed by atoms with Crippen molar-refractivity contribution in [3.63, 3.8) is 0 Å². The highest BCUT2D eigenvalue weighted by Gasteiger charge is 2.18. The largest absolute Gasteiger partial charge is 0.478 e. The zero-order valence-corrected chi connectivity index (χ0v) is 11.6. The first-order chi connectivity index (χ1) is 9.36. The summed E-state index contributed by atoms with van der Waals surface area (Å²) < 4.78 is 4.43. The third-order valence-corrected chi connectivity index (χ3v) is 2.72. The molecule has 0 aliphatic rings. The summed E-state index contributed by atoms with van der Waals surface area (Å²) in [6.45, 7) is -0.259.